The molecule has 0 aliphatic carbocycles. The summed E-state index contributed by atoms with van der Waals surface area (Å²) in [6.07, 6.45) is 2.86. The molecule has 1 aliphatic rings. The Morgan fingerprint density at radius 3 is 2.55 bits per heavy atom. The molecule has 112 valence electrons. The number of hydrogen-bond donors (Lipinski definition) is 1. The van der Waals surface area contributed by atoms with E-state index in [1.807, 2.05) is 0 Å². The molecule has 0 bridgehead atoms. The number of rotatable bonds is 3. The summed E-state index contributed by atoms with van der Waals surface area (Å²) in [6.45, 7) is 7.89. The van der Waals surface area contributed by atoms with E-state index in [4.69, 9.17) is 5.73 Å². The SMILES string of the molecule is CC(C)(C)C1=CCN(S(=O)(=O)c2csc(CN)c2)CC1. The highest BCUT2D eigenvalue weighted by Gasteiger charge is 2.29. The van der Waals surface area contributed by atoms with Gasteiger partial charge in [-0.3, -0.25) is 0 Å². The molecule has 0 atom stereocenters. The molecule has 1 aliphatic heterocycles. The third-order valence-electron chi connectivity index (χ3n) is 3.60. The first kappa shape index (κ1) is 15.7. The molecule has 1 aromatic heterocycles. The Kier molecular flexibility index (Phi) is 4.39. The Balaban J connectivity index is 2.19. The Labute approximate surface area is 125 Å². The summed E-state index contributed by atoms with van der Waals surface area (Å²) in [4.78, 5) is 1.27. The van der Waals surface area contributed by atoms with Crippen molar-refractivity contribution in [2.24, 2.45) is 11.1 Å². The van der Waals surface area contributed by atoms with Gasteiger partial charge in [0.05, 0.1) is 4.90 Å². The zero-order valence-electron chi connectivity index (χ0n) is 12.2. The summed E-state index contributed by atoms with van der Waals surface area (Å²) in [5.74, 6) is 0. The zero-order valence-corrected chi connectivity index (χ0v) is 13.9. The molecular formula is C14H22N2O2S2. The van der Waals surface area contributed by atoms with Crippen LogP contribution in [0.4, 0.5) is 0 Å². The average Bonchev–Trinajstić information content (AvgIpc) is 2.87. The van der Waals surface area contributed by atoms with Crippen LogP contribution in [0.1, 0.15) is 32.1 Å². The fraction of sp³-hybridized carbons (Fsp3) is 0.571. The quantitative estimate of drug-likeness (QED) is 0.872. The lowest BCUT2D eigenvalue weighted by molar-refractivity contribution is 0.390. The lowest BCUT2D eigenvalue weighted by Crippen LogP contribution is -2.36. The highest BCUT2D eigenvalue weighted by Crippen LogP contribution is 2.32. The second kappa shape index (κ2) is 5.60. The molecule has 2 heterocycles. The van der Waals surface area contributed by atoms with Gasteiger partial charge in [0.2, 0.25) is 10.0 Å². The van der Waals surface area contributed by atoms with Crippen molar-refractivity contribution in [2.75, 3.05) is 13.1 Å². The molecular weight excluding hydrogens is 292 g/mol. The molecule has 0 saturated carbocycles. The van der Waals surface area contributed by atoms with Gasteiger partial charge in [0.1, 0.15) is 0 Å². The maximum absolute atomic E-state index is 12.5. The van der Waals surface area contributed by atoms with E-state index in [0.29, 0.717) is 24.5 Å². The van der Waals surface area contributed by atoms with Crippen molar-refractivity contribution in [3.63, 3.8) is 0 Å². The van der Waals surface area contributed by atoms with Crippen LogP contribution in [0.25, 0.3) is 0 Å². The van der Waals surface area contributed by atoms with E-state index >= 15 is 0 Å². The van der Waals surface area contributed by atoms with Crippen LogP contribution >= 0.6 is 11.3 Å². The van der Waals surface area contributed by atoms with Crippen molar-refractivity contribution in [1.82, 2.24) is 4.31 Å². The summed E-state index contributed by atoms with van der Waals surface area (Å²) in [6, 6.07) is 1.68. The third kappa shape index (κ3) is 3.14. The maximum atomic E-state index is 12.5. The lowest BCUT2D eigenvalue weighted by Gasteiger charge is -2.31. The first-order valence-corrected chi connectivity index (χ1v) is 9.04. The van der Waals surface area contributed by atoms with E-state index in [9.17, 15) is 8.42 Å². The van der Waals surface area contributed by atoms with Crippen LogP contribution in [0, 0.1) is 5.41 Å². The molecule has 0 amide bonds. The summed E-state index contributed by atoms with van der Waals surface area (Å²) >= 11 is 1.40. The van der Waals surface area contributed by atoms with E-state index in [1.54, 1.807) is 15.8 Å². The first-order valence-electron chi connectivity index (χ1n) is 6.72. The van der Waals surface area contributed by atoms with Gasteiger partial charge >= 0.3 is 0 Å². The molecule has 4 nitrogen and oxygen atoms in total. The standard InChI is InChI=1S/C14H22N2O2S2/c1-14(2,3)11-4-6-16(7-5-11)20(17,18)13-8-12(9-15)19-10-13/h4,8,10H,5-7,9,15H2,1-3H3. The fourth-order valence-electron chi connectivity index (χ4n) is 2.30. The van der Waals surface area contributed by atoms with E-state index in [2.05, 4.69) is 26.8 Å². The number of thiophene rings is 1. The highest BCUT2D eigenvalue weighted by atomic mass is 32.2. The van der Waals surface area contributed by atoms with Crippen LogP contribution in [-0.4, -0.2) is 25.8 Å². The van der Waals surface area contributed by atoms with E-state index < -0.39 is 10.0 Å². The minimum absolute atomic E-state index is 0.116. The zero-order chi connectivity index (χ0) is 15.0. The van der Waals surface area contributed by atoms with Gasteiger partial charge in [0.15, 0.2) is 0 Å². The molecule has 0 aromatic carbocycles. The predicted octanol–water partition coefficient (Wildman–Crippen LogP) is 2.57. The van der Waals surface area contributed by atoms with Crippen LogP contribution in [0.2, 0.25) is 0 Å². The topological polar surface area (TPSA) is 63.4 Å². The van der Waals surface area contributed by atoms with Gasteiger partial charge in [-0.05, 0) is 17.9 Å². The Morgan fingerprint density at radius 2 is 2.10 bits per heavy atom. The molecule has 2 N–H and O–H groups in total. The number of nitrogens with zero attached hydrogens (tertiary/aromatic N) is 1. The maximum Gasteiger partial charge on any atom is 0.244 e. The van der Waals surface area contributed by atoms with Crippen molar-refractivity contribution in [3.05, 3.63) is 28.0 Å². The van der Waals surface area contributed by atoms with Crippen molar-refractivity contribution >= 4 is 21.4 Å². The summed E-state index contributed by atoms with van der Waals surface area (Å²) in [5.41, 5.74) is 6.99. The molecule has 20 heavy (non-hydrogen) atoms. The van der Waals surface area contributed by atoms with E-state index in [-0.39, 0.29) is 5.41 Å². The van der Waals surface area contributed by atoms with Crippen molar-refractivity contribution < 1.29 is 8.42 Å². The van der Waals surface area contributed by atoms with Crippen LogP contribution in [0.3, 0.4) is 0 Å². The summed E-state index contributed by atoms with van der Waals surface area (Å²) in [5, 5.41) is 1.68. The molecule has 2 rings (SSSR count). The van der Waals surface area contributed by atoms with Crippen LogP contribution in [0.5, 0.6) is 0 Å². The minimum atomic E-state index is -3.38. The molecule has 0 saturated heterocycles. The second-order valence-electron chi connectivity index (χ2n) is 6.05. The Hall–Kier alpha value is -0.690. The molecule has 1 aromatic rings. The smallest absolute Gasteiger partial charge is 0.244 e. The monoisotopic (exact) mass is 314 g/mol. The number of sulfonamides is 1. The molecule has 0 spiro atoms. The van der Waals surface area contributed by atoms with Gasteiger partial charge in [-0.15, -0.1) is 11.3 Å². The normalized spacial score (nSPS) is 18.1. The van der Waals surface area contributed by atoms with Crippen LogP contribution in [-0.2, 0) is 16.6 Å². The summed E-state index contributed by atoms with van der Waals surface area (Å²) < 4.78 is 26.6. The minimum Gasteiger partial charge on any atom is -0.326 e. The molecule has 0 unspecified atom stereocenters. The average molecular weight is 314 g/mol. The Morgan fingerprint density at radius 1 is 1.40 bits per heavy atom. The number of hydrogen-bond acceptors (Lipinski definition) is 4. The largest absolute Gasteiger partial charge is 0.326 e. The Bertz CT molecular complexity index is 609. The molecule has 6 heteroatoms. The van der Waals surface area contributed by atoms with E-state index in [0.717, 1.165) is 11.3 Å². The van der Waals surface area contributed by atoms with Gasteiger partial charge in [-0.1, -0.05) is 32.4 Å². The van der Waals surface area contributed by atoms with Crippen molar-refractivity contribution in [3.8, 4) is 0 Å². The number of nitrogens with two attached hydrogens (primary N) is 1. The second-order valence-corrected chi connectivity index (χ2v) is 8.98. The van der Waals surface area contributed by atoms with E-state index in [1.165, 1.54) is 16.9 Å². The van der Waals surface area contributed by atoms with Gasteiger partial charge in [-0.25, -0.2) is 8.42 Å². The molecule has 0 radical (unpaired) electrons. The van der Waals surface area contributed by atoms with Gasteiger partial charge in [-0.2, -0.15) is 4.31 Å². The first-order chi connectivity index (χ1) is 9.25. The molecule has 0 fully saturated rings. The van der Waals surface area contributed by atoms with Crippen LogP contribution in [0.15, 0.2) is 28.0 Å². The van der Waals surface area contributed by atoms with Crippen molar-refractivity contribution in [1.29, 1.82) is 0 Å². The third-order valence-corrected chi connectivity index (χ3v) is 6.56. The van der Waals surface area contributed by atoms with Crippen LogP contribution < -0.4 is 5.73 Å². The van der Waals surface area contributed by atoms with Crippen molar-refractivity contribution in [2.45, 2.75) is 38.6 Å². The fourth-order valence-corrected chi connectivity index (χ4v) is 4.83. The predicted molar refractivity (Wildman–Crippen MR) is 83.1 cm³/mol. The highest BCUT2D eigenvalue weighted by molar-refractivity contribution is 7.89. The van der Waals surface area contributed by atoms with Gasteiger partial charge in [0.25, 0.3) is 0 Å². The van der Waals surface area contributed by atoms with Gasteiger partial charge < -0.3 is 5.73 Å². The lowest BCUT2D eigenvalue weighted by atomic mass is 9.83. The van der Waals surface area contributed by atoms with Gasteiger partial charge in [0, 0.05) is 29.9 Å². The summed E-state index contributed by atoms with van der Waals surface area (Å²) in [7, 11) is -3.38.